The maximum atomic E-state index is 13.4. The van der Waals surface area contributed by atoms with Crippen molar-refractivity contribution >= 4 is 23.2 Å². The van der Waals surface area contributed by atoms with Crippen molar-refractivity contribution < 1.29 is 23.8 Å². The largest absolute Gasteiger partial charge is 0.492 e. The third kappa shape index (κ3) is 5.17. The van der Waals surface area contributed by atoms with E-state index in [-0.39, 0.29) is 29.1 Å². The fourth-order valence-electron chi connectivity index (χ4n) is 3.68. The first-order chi connectivity index (χ1) is 16.3. The topological polar surface area (TPSA) is 103 Å². The molecule has 0 atom stereocenters. The third-order valence-electron chi connectivity index (χ3n) is 5.00. The number of rotatable bonds is 7. The van der Waals surface area contributed by atoms with Crippen LogP contribution >= 0.6 is 0 Å². The number of hydrogen-bond donors (Lipinski definition) is 2. The Kier molecular flexibility index (Phi) is 7.53. The predicted octanol–water partition coefficient (Wildman–Crippen LogP) is 4.32. The molecule has 3 aromatic carbocycles. The van der Waals surface area contributed by atoms with Gasteiger partial charge in [0.2, 0.25) is 17.6 Å². The standard InChI is InChI=1S/C26H26N2O6/c1-15(29)27-19-10-6-8-17(12-19)21-14-22(18-9-7-11-20(13-18)28-16(2)30)25(33-4)26(34-5)23(31)24(21)32-3/h6-14H,1-5H3,(H,27,29)(H,28,30). The number of carbonyl (C=O) groups is 2. The van der Waals surface area contributed by atoms with Crippen molar-refractivity contribution in [3.63, 3.8) is 0 Å². The average molecular weight is 463 g/mol. The summed E-state index contributed by atoms with van der Waals surface area (Å²) in [5.41, 5.74) is 3.00. The number of methoxy groups -OCH3 is 3. The van der Waals surface area contributed by atoms with Crippen molar-refractivity contribution in [2.75, 3.05) is 32.0 Å². The van der Waals surface area contributed by atoms with E-state index in [2.05, 4.69) is 10.6 Å². The van der Waals surface area contributed by atoms with Gasteiger partial charge in [-0.1, -0.05) is 24.3 Å². The summed E-state index contributed by atoms with van der Waals surface area (Å²) in [6, 6.07) is 16.0. The Bertz CT molecular complexity index is 1300. The molecule has 0 fully saturated rings. The van der Waals surface area contributed by atoms with Crippen LogP contribution in [0.1, 0.15) is 13.8 Å². The number of benzene rings is 2. The highest BCUT2D eigenvalue weighted by atomic mass is 16.5. The minimum absolute atomic E-state index is 0.0245. The van der Waals surface area contributed by atoms with Gasteiger partial charge in [-0.3, -0.25) is 14.4 Å². The molecule has 0 heterocycles. The maximum Gasteiger partial charge on any atom is 0.266 e. The van der Waals surface area contributed by atoms with E-state index in [4.69, 9.17) is 14.2 Å². The molecule has 8 heteroatoms. The Morgan fingerprint density at radius 2 is 1.09 bits per heavy atom. The van der Waals surface area contributed by atoms with Crippen molar-refractivity contribution in [1.29, 1.82) is 0 Å². The van der Waals surface area contributed by atoms with Gasteiger partial charge >= 0.3 is 0 Å². The summed E-state index contributed by atoms with van der Waals surface area (Å²) in [6.45, 7) is 2.84. The van der Waals surface area contributed by atoms with Gasteiger partial charge in [0.15, 0.2) is 11.5 Å². The first kappa shape index (κ1) is 24.3. The second-order valence-corrected chi connectivity index (χ2v) is 7.42. The van der Waals surface area contributed by atoms with E-state index in [1.165, 1.54) is 35.2 Å². The lowest BCUT2D eigenvalue weighted by Crippen LogP contribution is -2.08. The molecule has 3 aromatic rings. The number of nitrogens with one attached hydrogen (secondary N) is 2. The first-order valence-corrected chi connectivity index (χ1v) is 10.4. The van der Waals surface area contributed by atoms with E-state index >= 15 is 0 Å². The van der Waals surface area contributed by atoms with Crippen molar-refractivity contribution in [1.82, 2.24) is 0 Å². The van der Waals surface area contributed by atoms with E-state index in [0.29, 0.717) is 33.6 Å². The van der Waals surface area contributed by atoms with Crippen LogP contribution in [0.25, 0.3) is 22.3 Å². The monoisotopic (exact) mass is 462 g/mol. The van der Waals surface area contributed by atoms with E-state index in [9.17, 15) is 14.4 Å². The van der Waals surface area contributed by atoms with Crippen molar-refractivity contribution in [3.05, 3.63) is 64.8 Å². The Morgan fingerprint density at radius 3 is 1.50 bits per heavy atom. The molecule has 8 nitrogen and oxygen atoms in total. The number of amides is 2. The molecule has 0 unspecified atom stereocenters. The minimum atomic E-state index is -0.494. The molecule has 34 heavy (non-hydrogen) atoms. The molecule has 176 valence electrons. The molecule has 0 aliphatic heterocycles. The molecule has 0 saturated heterocycles. The smallest absolute Gasteiger partial charge is 0.266 e. The summed E-state index contributed by atoms with van der Waals surface area (Å²) in [5.74, 6) is -0.177. The zero-order valence-corrected chi connectivity index (χ0v) is 19.6. The van der Waals surface area contributed by atoms with Crippen LogP contribution in [0.15, 0.2) is 59.4 Å². The summed E-state index contributed by atoms with van der Waals surface area (Å²) in [7, 11) is 4.23. The van der Waals surface area contributed by atoms with E-state index < -0.39 is 5.43 Å². The van der Waals surface area contributed by atoms with Crippen LogP contribution in [0.4, 0.5) is 11.4 Å². The quantitative estimate of drug-likeness (QED) is 0.542. The third-order valence-corrected chi connectivity index (χ3v) is 5.00. The van der Waals surface area contributed by atoms with Gasteiger partial charge in [0.1, 0.15) is 0 Å². The van der Waals surface area contributed by atoms with Gasteiger partial charge in [0.25, 0.3) is 5.43 Å². The summed E-state index contributed by atoms with van der Waals surface area (Å²) in [6.07, 6.45) is 0. The SMILES string of the molecule is COc1c(-c2cccc(NC(C)=O)c2)cc(-c2cccc(NC(C)=O)c2)c(OC)c(=O)c1OC. The number of ether oxygens (including phenoxy) is 3. The fourth-order valence-corrected chi connectivity index (χ4v) is 3.68. The molecule has 2 amide bonds. The highest BCUT2D eigenvalue weighted by Crippen LogP contribution is 2.41. The van der Waals surface area contributed by atoms with Crippen LogP contribution in [-0.2, 0) is 9.59 Å². The Balaban J connectivity index is 2.39. The van der Waals surface area contributed by atoms with Gasteiger partial charge in [-0.25, -0.2) is 0 Å². The minimum Gasteiger partial charge on any atom is -0.492 e. The zero-order chi connectivity index (χ0) is 24.8. The Morgan fingerprint density at radius 1 is 0.647 bits per heavy atom. The number of hydrogen-bond acceptors (Lipinski definition) is 6. The van der Waals surface area contributed by atoms with Gasteiger partial charge in [-0.2, -0.15) is 0 Å². The summed E-state index contributed by atoms with van der Waals surface area (Å²) in [5, 5.41) is 5.50. The van der Waals surface area contributed by atoms with Crippen LogP contribution < -0.4 is 30.3 Å². The number of anilines is 2. The molecule has 0 aliphatic carbocycles. The fraction of sp³-hybridized carbons (Fsp3) is 0.192. The Labute approximate surface area is 197 Å². The van der Waals surface area contributed by atoms with Crippen molar-refractivity contribution in [2.24, 2.45) is 0 Å². The highest BCUT2D eigenvalue weighted by molar-refractivity contribution is 5.92. The van der Waals surface area contributed by atoms with Gasteiger partial charge in [0, 0.05) is 36.3 Å². The molecule has 0 bridgehead atoms. The summed E-state index contributed by atoms with van der Waals surface area (Å²) < 4.78 is 16.6. The molecule has 0 spiro atoms. The first-order valence-electron chi connectivity index (χ1n) is 10.4. The molecular formula is C26H26N2O6. The molecule has 0 saturated carbocycles. The molecule has 0 aliphatic rings. The molecule has 0 aromatic heterocycles. The van der Waals surface area contributed by atoms with Crippen LogP contribution in [0, 0.1) is 0 Å². The lowest BCUT2D eigenvalue weighted by molar-refractivity contribution is -0.115. The van der Waals surface area contributed by atoms with Crippen molar-refractivity contribution in [3.8, 4) is 39.5 Å². The molecular weight excluding hydrogens is 436 g/mol. The van der Waals surface area contributed by atoms with Crippen LogP contribution in [0.5, 0.6) is 17.2 Å². The molecule has 0 radical (unpaired) electrons. The van der Waals surface area contributed by atoms with E-state index in [1.54, 1.807) is 48.5 Å². The van der Waals surface area contributed by atoms with Gasteiger partial charge in [0.05, 0.1) is 21.3 Å². The molecule has 3 rings (SSSR count). The van der Waals surface area contributed by atoms with Crippen LogP contribution in [0.2, 0.25) is 0 Å². The zero-order valence-electron chi connectivity index (χ0n) is 19.6. The lowest BCUT2D eigenvalue weighted by Gasteiger charge is -2.11. The Hall–Kier alpha value is -4.33. The van der Waals surface area contributed by atoms with Gasteiger partial charge in [-0.05, 0) is 41.5 Å². The van der Waals surface area contributed by atoms with Gasteiger partial charge < -0.3 is 24.8 Å². The summed E-state index contributed by atoms with van der Waals surface area (Å²) in [4.78, 5) is 36.5. The second kappa shape index (κ2) is 10.5. The number of carbonyl (C=O) groups excluding carboxylic acids is 2. The molecule has 2 N–H and O–H groups in total. The lowest BCUT2D eigenvalue weighted by atomic mass is 10.0. The van der Waals surface area contributed by atoms with E-state index in [0.717, 1.165) is 0 Å². The van der Waals surface area contributed by atoms with Crippen LogP contribution in [-0.4, -0.2) is 33.1 Å². The van der Waals surface area contributed by atoms with E-state index in [1.807, 2.05) is 6.07 Å². The van der Waals surface area contributed by atoms with Crippen LogP contribution in [0.3, 0.4) is 0 Å². The highest BCUT2D eigenvalue weighted by Gasteiger charge is 2.22. The van der Waals surface area contributed by atoms with Gasteiger partial charge in [-0.15, -0.1) is 0 Å². The predicted molar refractivity (Wildman–Crippen MR) is 132 cm³/mol. The maximum absolute atomic E-state index is 13.4. The average Bonchev–Trinajstić information content (AvgIpc) is 2.91. The summed E-state index contributed by atoms with van der Waals surface area (Å²) >= 11 is 0. The normalized spacial score (nSPS) is 10.3. The second-order valence-electron chi connectivity index (χ2n) is 7.42. The van der Waals surface area contributed by atoms with Crippen molar-refractivity contribution in [2.45, 2.75) is 13.8 Å².